The van der Waals surface area contributed by atoms with Gasteiger partial charge in [0.25, 0.3) is 5.91 Å². The van der Waals surface area contributed by atoms with Gasteiger partial charge in [0.2, 0.25) is 0 Å². The molecule has 1 fully saturated rings. The highest BCUT2D eigenvalue weighted by atomic mass is 32.2. The van der Waals surface area contributed by atoms with E-state index in [1.807, 2.05) is 67.6 Å². The standard InChI is InChI=1S/C25H22N2O2S/c1-17-5-3-7-20(13-17)16-29-22-11-9-19(10-12-22)15-23-24(28)27-25(30-23)26-21-8-4-6-18(2)14-21/h3-15H,16H2,1-2H3,(H,26,27,28). The van der Waals surface area contributed by atoms with E-state index in [-0.39, 0.29) is 5.91 Å². The van der Waals surface area contributed by atoms with Gasteiger partial charge in [-0.25, -0.2) is 4.99 Å². The first kappa shape index (κ1) is 20.0. The predicted octanol–water partition coefficient (Wildman–Crippen LogP) is 5.77. The Bertz CT molecular complexity index is 1130. The van der Waals surface area contributed by atoms with Crippen molar-refractivity contribution in [3.8, 4) is 5.75 Å². The van der Waals surface area contributed by atoms with Crippen LogP contribution in [0.15, 0.2) is 82.7 Å². The van der Waals surface area contributed by atoms with E-state index in [1.54, 1.807) is 0 Å². The number of nitrogens with one attached hydrogen (secondary N) is 1. The molecule has 3 aromatic rings. The molecule has 1 aliphatic rings. The van der Waals surface area contributed by atoms with Gasteiger partial charge >= 0.3 is 0 Å². The van der Waals surface area contributed by atoms with E-state index in [0.29, 0.717) is 16.7 Å². The van der Waals surface area contributed by atoms with E-state index in [0.717, 1.165) is 28.1 Å². The van der Waals surface area contributed by atoms with Crippen LogP contribution in [-0.2, 0) is 11.4 Å². The summed E-state index contributed by atoms with van der Waals surface area (Å²) in [7, 11) is 0. The second-order valence-corrected chi connectivity index (χ2v) is 8.20. The SMILES string of the molecule is Cc1cccc(COc2ccc(C=C3SC(=Nc4cccc(C)c4)NC3=O)cc2)c1. The summed E-state index contributed by atoms with van der Waals surface area (Å²) >= 11 is 1.35. The Hall–Kier alpha value is -3.31. The fourth-order valence-corrected chi connectivity index (χ4v) is 3.92. The second kappa shape index (κ2) is 9.01. The molecule has 1 saturated heterocycles. The number of nitrogens with zero attached hydrogens (tertiary/aromatic N) is 1. The van der Waals surface area contributed by atoms with Gasteiger partial charge in [0.1, 0.15) is 12.4 Å². The molecular weight excluding hydrogens is 392 g/mol. The molecule has 30 heavy (non-hydrogen) atoms. The third kappa shape index (κ3) is 5.19. The number of aryl methyl sites for hydroxylation is 2. The maximum Gasteiger partial charge on any atom is 0.264 e. The molecule has 1 aliphatic heterocycles. The summed E-state index contributed by atoms with van der Waals surface area (Å²) < 4.78 is 5.86. The van der Waals surface area contributed by atoms with E-state index in [4.69, 9.17) is 4.74 Å². The predicted molar refractivity (Wildman–Crippen MR) is 124 cm³/mol. The molecule has 0 radical (unpaired) electrons. The van der Waals surface area contributed by atoms with E-state index in [1.165, 1.54) is 17.3 Å². The Morgan fingerprint density at radius 1 is 0.967 bits per heavy atom. The lowest BCUT2D eigenvalue weighted by Crippen LogP contribution is -2.19. The number of hydrogen-bond acceptors (Lipinski definition) is 4. The maximum atomic E-state index is 12.3. The van der Waals surface area contributed by atoms with Crippen LogP contribution in [0.5, 0.6) is 5.75 Å². The van der Waals surface area contributed by atoms with Crippen molar-refractivity contribution >= 4 is 34.6 Å². The third-order valence-electron chi connectivity index (χ3n) is 4.55. The average molecular weight is 415 g/mol. The number of carbonyl (C=O) groups excluding carboxylic acids is 1. The molecule has 0 atom stereocenters. The number of aliphatic imine (C=N–C) groups is 1. The maximum absolute atomic E-state index is 12.3. The van der Waals surface area contributed by atoms with Crippen molar-refractivity contribution in [1.29, 1.82) is 0 Å². The van der Waals surface area contributed by atoms with Crippen molar-refractivity contribution < 1.29 is 9.53 Å². The zero-order chi connectivity index (χ0) is 20.9. The van der Waals surface area contributed by atoms with Crippen LogP contribution in [0.1, 0.15) is 22.3 Å². The Morgan fingerprint density at radius 3 is 2.43 bits per heavy atom. The van der Waals surface area contributed by atoms with Crippen LogP contribution >= 0.6 is 11.8 Å². The van der Waals surface area contributed by atoms with Crippen LogP contribution < -0.4 is 10.1 Å². The summed E-state index contributed by atoms with van der Waals surface area (Å²) in [5.74, 6) is 0.662. The summed E-state index contributed by atoms with van der Waals surface area (Å²) in [5, 5.41) is 3.42. The zero-order valence-corrected chi connectivity index (χ0v) is 17.7. The summed E-state index contributed by atoms with van der Waals surface area (Å²) in [6, 6.07) is 23.9. The number of ether oxygens (including phenoxy) is 1. The van der Waals surface area contributed by atoms with Crippen molar-refractivity contribution in [2.75, 3.05) is 0 Å². The number of benzene rings is 3. The van der Waals surface area contributed by atoms with E-state index in [2.05, 4.69) is 35.4 Å². The summed E-state index contributed by atoms with van der Waals surface area (Å²) in [6.07, 6.45) is 1.86. The van der Waals surface area contributed by atoms with Crippen LogP contribution in [0, 0.1) is 13.8 Å². The highest BCUT2D eigenvalue weighted by Crippen LogP contribution is 2.28. The minimum atomic E-state index is -0.133. The van der Waals surface area contributed by atoms with Crippen molar-refractivity contribution in [2.24, 2.45) is 4.99 Å². The van der Waals surface area contributed by atoms with Gasteiger partial charge in [-0.3, -0.25) is 4.79 Å². The lowest BCUT2D eigenvalue weighted by atomic mass is 10.1. The molecule has 0 saturated carbocycles. The number of rotatable bonds is 5. The molecule has 3 aromatic carbocycles. The minimum absolute atomic E-state index is 0.133. The zero-order valence-electron chi connectivity index (χ0n) is 16.9. The number of thioether (sulfide) groups is 1. The molecule has 1 N–H and O–H groups in total. The second-order valence-electron chi connectivity index (χ2n) is 7.17. The largest absolute Gasteiger partial charge is 0.489 e. The van der Waals surface area contributed by atoms with Crippen LogP contribution in [0.4, 0.5) is 5.69 Å². The lowest BCUT2D eigenvalue weighted by Gasteiger charge is -2.07. The van der Waals surface area contributed by atoms with Crippen molar-refractivity contribution in [3.63, 3.8) is 0 Å². The molecule has 4 nitrogen and oxygen atoms in total. The van der Waals surface area contributed by atoms with Gasteiger partial charge in [0, 0.05) is 0 Å². The van der Waals surface area contributed by atoms with Crippen molar-refractivity contribution in [2.45, 2.75) is 20.5 Å². The molecule has 0 unspecified atom stereocenters. The molecule has 0 aromatic heterocycles. The van der Waals surface area contributed by atoms with Crippen LogP contribution in [0.3, 0.4) is 0 Å². The Kier molecular flexibility index (Phi) is 6.00. The Balaban J connectivity index is 1.41. The Morgan fingerprint density at radius 2 is 1.70 bits per heavy atom. The van der Waals surface area contributed by atoms with Gasteiger partial charge in [-0.15, -0.1) is 0 Å². The van der Waals surface area contributed by atoms with Crippen molar-refractivity contribution in [1.82, 2.24) is 5.32 Å². The van der Waals surface area contributed by atoms with Gasteiger partial charge in [-0.1, -0.05) is 54.1 Å². The molecule has 5 heteroatoms. The molecule has 0 spiro atoms. The first-order valence-electron chi connectivity index (χ1n) is 9.70. The molecule has 1 amide bonds. The lowest BCUT2D eigenvalue weighted by molar-refractivity contribution is -0.115. The fraction of sp³-hybridized carbons (Fsp3) is 0.120. The van der Waals surface area contributed by atoms with E-state index >= 15 is 0 Å². The molecule has 1 heterocycles. The van der Waals surface area contributed by atoms with Crippen molar-refractivity contribution in [3.05, 3.63) is 100.0 Å². The number of carbonyl (C=O) groups is 1. The summed E-state index contributed by atoms with van der Waals surface area (Å²) in [5.41, 5.74) is 5.25. The average Bonchev–Trinajstić information content (AvgIpc) is 3.06. The van der Waals surface area contributed by atoms with Gasteiger partial charge in [-0.2, -0.15) is 0 Å². The number of amides is 1. The monoisotopic (exact) mass is 414 g/mol. The number of amidine groups is 1. The highest BCUT2D eigenvalue weighted by molar-refractivity contribution is 8.18. The Labute approximate surface area is 180 Å². The smallest absolute Gasteiger partial charge is 0.264 e. The third-order valence-corrected chi connectivity index (χ3v) is 5.46. The van der Waals surface area contributed by atoms with Crippen LogP contribution in [0.25, 0.3) is 6.08 Å². The molecule has 4 rings (SSSR count). The van der Waals surface area contributed by atoms with E-state index < -0.39 is 0 Å². The van der Waals surface area contributed by atoms with Gasteiger partial charge in [0.05, 0.1) is 10.6 Å². The highest BCUT2D eigenvalue weighted by Gasteiger charge is 2.23. The minimum Gasteiger partial charge on any atom is -0.489 e. The normalized spacial score (nSPS) is 16.1. The summed E-state index contributed by atoms with van der Waals surface area (Å²) in [4.78, 5) is 17.4. The topological polar surface area (TPSA) is 50.7 Å². The molecule has 150 valence electrons. The molecule has 0 aliphatic carbocycles. The van der Waals surface area contributed by atoms with Gasteiger partial charge in [0.15, 0.2) is 5.17 Å². The van der Waals surface area contributed by atoms with Gasteiger partial charge < -0.3 is 10.1 Å². The van der Waals surface area contributed by atoms with E-state index in [9.17, 15) is 4.79 Å². The van der Waals surface area contributed by atoms with Gasteiger partial charge in [-0.05, 0) is 72.6 Å². The van der Waals surface area contributed by atoms with Crippen LogP contribution in [-0.4, -0.2) is 11.1 Å². The fourth-order valence-electron chi connectivity index (χ4n) is 3.08. The quantitative estimate of drug-likeness (QED) is 0.539. The molecular formula is C25H22N2O2S. The number of hydrogen-bond donors (Lipinski definition) is 1. The molecule has 0 bridgehead atoms. The summed E-state index contributed by atoms with van der Waals surface area (Å²) in [6.45, 7) is 4.61. The van der Waals surface area contributed by atoms with Crippen LogP contribution in [0.2, 0.25) is 0 Å². The first-order valence-corrected chi connectivity index (χ1v) is 10.5. The first-order chi connectivity index (χ1) is 14.5.